The molecule has 6 nitrogen and oxygen atoms in total. The maximum atomic E-state index is 12.0. The van der Waals surface area contributed by atoms with Crippen molar-refractivity contribution in [2.45, 2.75) is 21.9 Å². The van der Waals surface area contributed by atoms with Gasteiger partial charge in [0, 0.05) is 24.7 Å². The van der Waals surface area contributed by atoms with E-state index >= 15 is 0 Å². The van der Waals surface area contributed by atoms with Crippen molar-refractivity contribution >= 4 is 27.5 Å². The van der Waals surface area contributed by atoms with Gasteiger partial charge in [0.25, 0.3) is 5.22 Å². The first-order valence-corrected chi connectivity index (χ1v) is 7.98. The monoisotopic (exact) mass is 313 g/mol. The van der Waals surface area contributed by atoms with Crippen LogP contribution < -0.4 is 5.73 Å². The molecule has 1 heterocycles. The van der Waals surface area contributed by atoms with Gasteiger partial charge in [0.15, 0.2) is 0 Å². The van der Waals surface area contributed by atoms with E-state index in [0.29, 0.717) is 15.8 Å². The number of rotatable bonds is 4. The third kappa shape index (κ3) is 2.97. The minimum Gasteiger partial charge on any atom is -0.439 e. The highest BCUT2D eigenvalue weighted by Crippen LogP contribution is 2.33. The SMILES string of the molecule is Cc1coc(Sc2ccc(S(=O)(=O)N(C)C)cc2N)n1. The molecule has 8 heteroatoms. The molecular formula is C12H15N3O3S2. The lowest BCUT2D eigenvalue weighted by Gasteiger charge is -2.12. The van der Waals surface area contributed by atoms with Gasteiger partial charge in [-0.15, -0.1) is 0 Å². The first-order valence-electron chi connectivity index (χ1n) is 5.73. The van der Waals surface area contributed by atoms with Gasteiger partial charge in [0.1, 0.15) is 6.26 Å². The molecule has 0 saturated carbocycles. The third-order valence-electron chi connectivity index (χ3n) is 2.56. The van der Waals surface area contributed by atoms with E-state index in [1.165, 1.54) is 38.0 Å². The Balaban J connectivity index is 2.31. The fourth-order valence-corrected chi connectivity index (χ4v) is 3.19. The topological polar surface area (TPSA) is 89.4 Å². The maximum Gasteiger partial charge on any atom is 0.260 e. The molecule has 0 saturated heterocycles. The molecule has 1 aromatic heterocycles. The zero-order valence-corrected chi connectivity index (χ0v) is 13.0. The molecule has 0 amide bonds. The molecule has 0 aliphatic rings. The standard InChI is InChI=1S/C12H15N3O3S2/c1-8-7-18-12(14-8)19-11-5-4-9(6-10(11)13)20(16,17)15(2)3/h4-7H,13H2,1-3H3. The summed E-state index contributed by atoms with van der Waals surface area (Å²) in [5.41, 5.74) is 7.04. The van der Waals surface area contributed by atoms with E-state index in [-0.39, 0.29) is 4.90 Å². The first kappa shape index (κ1) is 14.9. The summed E-state index contributed by atoms with van der Waals surface area (Å²) in [5.74, 6) is 0. The van der Waals surface area contributed by atoms with Crippen molar-refractivity contribution in [1.82, 2.24) is 9.29 Å². The maximum absolute atomic E-state index is 12.0. The zero-order chi connectivity index (χ0) is 14.9. The second-order valence-corrected chi connectivity index (χ2v) is 7.49. The molecule has 0 atom stereocenters. The minimum absolute atomic E-state index is 0.160. The minimum atomic E-state index is -3.48. The molecule has 2 N–H and O–H groups in total. The van der Waals surface area contributed by atoms with Crippen molar-refractivity contribution in [1.29, 1.82) is 0 Å². The number of benzene rings is 1. The Labute approximate surface area is 122 Å². The number of nitrogens with zero attached hydrogens (tertiary/aromatic N) is 2. The summed E-state index contributed by atoms with van der Waals surface area (Å²) in [6.07, 6.45) is 1.55. The Morgan fingerprint density at radius 2 is 2.05 bits per heavy atom. The molecule has 1 aromatic carbocycles. The van der Waals surface area contributed by atoms with Gasteiger partial charge in [-0.3, -0.25) is 0 Å². The second kappa shape index (κ2) is 5.47. The number of nitrogens with two attached hydrogens (primary N) is 1. The molecule has 0 unspecified atom stereocenters. The van der Waals surface area contributed by atoms with Crippen molar-refractivity contribution in [2.24, 2.45) is 0 Å². The van der Waals surface area contributed by atoms with E-state index in [0.717, 1.165) is 10.00 Å². The molecule has 0 fully saturated rings. The number of oxazole rings is 1. The predicted molar refractivity (Wildman–Crippen MR) is 77.1 cm³/mol. The zero-order valence-electron chi connectivity index (χ0n) is 11.3. The lowest BCUT2D eigenvalue weighted by Crippen LogP contribution is -2.22. The number of anilines is 1. The molecule has 0 aliphatic heterocycles. The van der Waals surface area contributed by atoms with Crippen molar-refractivity contribution in [3.05, 3.63) is 30.2 Å². The van der Waals surface area contributed by atoms with Crippen molar-refractivity contribution in [3.8, 4) is 0 Å². The van der Waals surface area contributed by atoms with Gasteiger partial charge >= 0.3 is 0 Å². The van der Waals surface area contributed by atoms with Gasteiger partial charge in [-0.1, -0.05) is 0 Å². The Morgan fingerprint density at radius 3 is 2.55 bits per heavy atom. The number of aromatic nitrogens is 1. The first-order chi connectivity index (χ1) is 9.30. The van der Waals surface area contributed by atoms with Crippen LogP contribution in [-0.2, 0) is 10.0 Å². The fraction of sp³-hybridized carbons (Fsp3) is 0.250. The van der Waals surface area contributed by atoms with Gasteiger partial charge in [0.2, 0.25) is 10.0 Å². The molecule has 2 rings (SSSR count). The van der Waals surface area contributed by atoms with Crippen LogP contribution in [0.5, 0.6) is 0 Å². The lowest BCUT2D eigenvalue weighted by molar-refractivity contribution is 0.454. The number of aryl methyl sites for hydroxylation is 1. The number of hydrogen-bond donors (Lipinski definition) is 1. The average molecular weight is 313 g/mol. The summed E-state index contributed by atoms with van der Waals surface area (Å²) >= 11 is 1.25. The van der Waals surface area contributed by atoms with Crippen LogP contribution in [0.15, 0.2) is 43.9 Å². The highest BCUT2D eigenvalue weighted by atomic mass is 32.2. The van der Waals surface area contributed by atoms with Crippen LogP contribution in [0.4, 0.5) is 5.69 Å². The molecule has 108 valence electrons. The van der Waals surface area contributed by atoms with Crippen LogP contribution in [0.3, 0.4) is 0 Å². The van der Waals surface area contributed by atoms with E-state index in [1.807, 2.05) is 6.92 Å². The predicted octanol–water partition coefficient (Wildman–Crippen LogP) is 1.97. The van der Waals surface area contributed by atoms with Crippen molar-refractivity contribution in [2.75, 3.05) is 19.8 Å². The van der Waals surface area contributed by atoms with Crippen LogP contribution in [0, 0.1) is 6.92 Å². The van der Waals surface area contributed by atoms with Gasteiger partial charge in [-0.25, -0.2) is 17.7 Å². The molecular weight excluding hydrogens is 298 g/mol. The summed E-state index contributed by atoms with van der Waals surface area (Å²) in [6.45, 7) is 1.82. The van der Waals surface area contributed by atoms with Crippen molar-refractivity contribution in [3.63, 3.8) is 0 Å². The summed E-state index contributed by atoms with van der Waals surface area (Å²) in [7, 11) is -0.528. The van der Waals surface area contributed by atoms with E-state index in [2.05, 4.69) is 4.98 Å². The fourth-order valence-electron chi connectivity index (χ4n) is 1.46. The van der Waals surface area contributed by atoms with Gasteiger partial charge < -0.3 is 10.2 Å². The number of hydrogen-bond acceptors (Lipinski definition) is 6. The van der Waals surface area contributed by atoms with Gasteiger partial charge in [-0.2, -0.15) is 0 Å². The van der Waals surface area contributed by atoms with Crippen LogP contribution in [0.1, 0.15) is 5.69 Å². The third-order valence-corrected chi connectivity index (χ3v) is 5.32. The summed E-state index contributed by atoms with van der Waals surface area (Å²) in [5, 5.41) is 0.470. The van der Waals surface area contributed by atoms with Gasteiger partial charge in [0.05, 0.1) is 10.6 Å². The highest BCUT2D eigenvalue weighted by Gasteiger charge is 2.18. The number of nitrogen functional groups attached to an aromatic ring is 1. The average Bonchev–Trinajstić information content (AvgIpc) is 2.77. The highest BCUT2D eigenvalue weighted by molar-refractivity contribution is 7.99. The van der Waals surface area contributed by atoms with Crippen LogP contribution >= 0.6 is 11.8 Å². The van der Waals surface area contributed by atoms with Crippen LogP contribution in [0.25, 0.3) is 0 Å². The largest absolute Gasteiger partial charge is 0.439 e. The van der Waals surface area contributed by atoms with E-state index < -0.39 is 10.0 Å². The summed E-state index contributed by atoms with van der Waals surface area (Å²) in [6, 6.07) is 4.60. The molecule has 0 aliphatic carbocycles. The van der Waals surface area contributed by atoms with Crippen molar-refractivity contribution < 1.29 is 12.8 Å². The normalized spacial score (nSPS) is 12.0. The van der Waals surface area contributed by atoms with E-state index in [9.17, 15) is 8.42 Å². The van der Waals surface area contributed by atoms with E-state index in [1.54, 1.807) is 12.3 Å². The molecule has 20 heavy (non-hydrogen) atoms. The number of sulfonamides is 1. The smallest absolute Gasteiger partial charge is 0.260 e. The summed E-state index contributed by atoms with van der Waals surface area (Å²) < 4.78 is 30.4. The molecule has 0 spiro atoms. The molecule has 0 bridgehead atoms. The van der Waals surface area contributed by atoms with Crippen LogP contribution in [0.2, 0.25) is 0 Å². The summed E-state index contributed by atoms with van der Waals surface area (Å²) in [4.78, 5) is 5.02. The quantitative estimate of drug-likeness (QED) is 0.868. The Bertz CT molecular complexity index is 723. The molecule has 2 aromatic rings. The van der Waals surface area contributed by atoms with E-state index in [4.69, 9.17) is 10.2 Å². The Morgan fingerprint density at radius 1 is 1.35 bits per heavy atom. The Kier molecular flexibility index (Phi) is 4.07. The van der Waals surface area contributed by atoms with Gasteiger partial charge in [-0.05, 0) is 36.9 Å². The second-order valence-electron chi connectivity index (χ2n) is 4.34. The Hall–Kier alpha value is -1.51. The lowest BCUT2D eigenvalue weighted by atomic mass is 10.3. The van der Waals surface area contributed by atoms with Crippen LogP contribution in [-0.4, -0.2) is 31.8 Å². The molecule has 0 radical (unpaired) electrons.